The van der Waals surface area contributed by atoms with Crippen LogP contribution in [-0.4, -0.2) is 24.5 Å². The summed E-state index contributed by atoms with van der Waals surface area (Å²) in [7, 11) is 1.42. The molecule has 0 radical (unpaired) electrons. The predicted molar refractivity (Wildman–Crippen MR) is 87.9 cm³/mol. The lowest BCUT2D eigenvalue weighted by atomic mass is 10.2. The molecular weight excluding hydrogens is 317 g/mol. The van der Waals surface area contributed by atoms with Crippen LogP contribution in [0.15, 0.2) is 36.4 Å². The molecule has 8 heteroatoms. The monoisotopic (exact) mass is 333 g/mol. The first-order valence-electron chi connectivity index (χ1n) is 7.03. The lowest BCUT2D eigenvalue weighted by molar-refractivity contribution is -0.384. The zero-order chi connectivity index (χ0) is 17.7. The Labute approximate surface area is 137 Å². The molecule has 126 valence electrons. The highest BCUT2D eigenvalue weighted by Crippen LogP contribution is 2.28. The zero-order valence-corrected chi connectivity index (χ0v) is 13.1. The molecule has 0 bridgehead atoms. The molecule has 2 rings (SSSR count). The van der Waals surface area contributed by atoms with E-state index in [2.05, 4.69) is 10.6 Å². The van der Waals surface area contributed by atoms with Crippen molar-refractivity contribution in [3.63, 3.8) is 0 Å². The Balaban J connectivity index is 2.04. The number of nitrogens with zero attached hydrogens (tertiary/aromatic N) is 1. The quantitative estimate of drug-likeness (QED) is 0.626. The number of halogens is 1. The van der Waals surface area contributed by atoms with Crippen LogP contribution in [0.4, 0.5) is 21.5 Å². The SMILES string of the molecule is COc1ccc([N+](=O)[O-])cc1NCC(=O)Nc1ccc(C)c(F)c1. The number of benzene rings is 2. The number of ether oxygens (including phenoxy) is 1. The molecule has 2 aromatic rings. The minimum Gasteiger partial charge on any atom is -0.495 e. The van der Waals surface area contributed by atoms with E-state index in [1.54, 1.807) is 19.1 Å². The van der Waals surface area contributed by atoms with Crippen LogP contribution in [0.25, 0.3) is 0 Å². The van der Waals surface area contributed by atoms with E-state index in [4.69, 9.17) is 4.74 Å². The Hall–Kier alpha value is -3.16. The summed E-state index contributed by atoms with van der Waals surface area (Å²) in [4.78, 5) is 22.2. The average Bonchev–Trinajstić information content (AvgIpc) is 2.56. The number of nitro groups is 1. The summed E-state index contributed by atoms with van der Waals surface area (Å²) >= 11 is 0. The number of anilines is 2. The van der Waals surface area contributed by atoms with Gasteiger partial charge in [-0.3, -0.25) is 14.9 Å². The highest BCUT2D eigenvalue weighted by Gasteiger charge is 2.12. The number of amides is 1. The Morgan fingerprint density at radius 1 is 1.29 bits per heavy atom. The van der Waals surface area contributed by atoms with E-state index < -0.39 is 16.6 Å². The largest absolute Gasteiger partial charge is 0.495 e. The highest BCUT2D eigenvalue weighted by molar-refractivity contribution is 5.94. The first kappa shape index (κ1) is 17.2. The predicted octanol–water partition coefficient (Wildman–Crippen LogP) is 3.10. The van der Waals surface area contributed by atoms with Crippen molar-refractivity contribution in [1.82, 2.24) is 0 Å². The van der Waals surface area contributed by atoms with E-state index in [1.165, 1.54) is 31.4 Å². The topological polar surface area (TPSA) is 93.5 Å². The number of nitrogens with one attached hydrogen (secondary N) is 2. The Morgan fingerprint density at radius 3 is 2.67 bits per heavy atom. The van der Waals surface area contributed by atoms with Gasteiger partial charge in [0, 0.05) is 17.8 Å². The number of hydrogen-bond donors (Lipinski definition) is 2. The van der Waals surface area contributed by atoms with Gasteiger partial charge in [0.1, 0.15) is 11.6 Å². The number of non-ortho nitro benzene ring substituents is 1. The van der Waals surface area contributed by atoms with Crippen molar-refractivity contribution in [2.45, 2.75) is 6.92 Å². The number of nitro benzene ring substituents is 1. The number of rotatable bonds is 6. The maximum Gasteiger partial charge on any atom is 0.271 e. The second kappa shape index (κ2) is 7.40. The third-order valence-corrected chi connectivity index (χ3v) is 3.29. The molecule has 0 atom stereocenters. The molecular formula is C16H16FN3O4. The lowest BCUT2D eigenvalue weighted by Crippen LogP contribution is -2.22. The fourth-order valence-corrected chi connectivity index (χ4v) is 2.00. The van der Waals surface area contributed by atoms with E-state index in [-0.39, 0.29) is 12.2 Å². The molecule has 0 aliphatic rings. The van der Waals surface area contributed by atoms with Crippen molar-refractivity contribution >= 4 is 23.0 Å². The van der Waals surface area contributed by atoms with Crippen LogP contribution in [0.1, 0.15) is 5.56 Å². The minimum absolute atomic E-state index is 0.126. The number of carbonyl (C=O) groups excluding carboxylic acids is 1. The van der Waals surface area contributed by atoms with Crippen molar-refractivity contribution in [2.75, 3.05) is 24.3 Å². The molecule has 0 aromatic heterocycles. The average molecular weight is 333 g/mol. The van der Waals surface area contributed by atoms with Crippen LogP contribution < -0.4 is 15.4 Å². The molecule has 0 fully saturated rings. The molecule has 0 aliphatic carbocycles. The van der Waals surface area contributed by atoms with E-state index in [0.717, 1.165) is 0 Å². The Morgan fingerprint density at radius 2 is 2.04 bits per heavy atom. The first-order valence-corrected chi connectivity index (χ1v) is 7.03. The zero-order valence-electron chi connectivity index (χ0n) is 13.1. The first-order chi connectivity index (χ1) is 11.4. The van der Waals surface area contributed by atoms with Gasteiger partial charge in [-0.2, -0.15) is 0 Å². The summed E-state index contributed by atoms with van der Waals surface area (Å²) in [5.41, 5.74) is 1.000. The van der Waals surface area contributed by atoms with Crippen molar-refractivity contribution in [3.05, 3.63) is 57.9 Å². The fraction of sp³-hybridized carbons (Fsp3) is 0.188. The van der Waals surface area contributed by atoms with Crippen molar-refractivity contribution in [2.24, 2.45) is 0 Å². The maximum atomic E-state index is 13.5. The molecule has 2 aromatic carbocycles. The minimum atomic E-state index is -0.542. The number of methoxy groups -OCH3 is 1. The van der Waals surface area contributed by atoms with Gasteiger partial charge in [-0.1, -0.05) is 6.07 Å². The van der Waals surface area contributed by atoms with Crippen LogP contribution >= 0.6 is 0 Å². The third-order valence-electron chi connectivity index (χ3n) is 3.29. The summed E-state index contributed by atoms with van der Waals surface area (Å²) in [5, 5.41) is 16.1. The molecule has 0 heterocycles. The number of carbonyl (C=O) groups is 1. The normalized spacial score (nSPS) is 10.1. The molecule has 7 nitrogen and oxygen atoms in total. The summed E-state index contributed by atoms with van der Waals surface area (Å²) in [6.07, 6.45) is 0. The second-order valence-corrected chi connectivity index (χ2v) is 5.01. The third kappa shape index (κ3) is 4.19. The molecule has 2 N–H and O–H groups in total. The van der Waals surface area contributed by atoms with E-state index in [9.17, 15) is 19.3 Å². The van der Waals surface area contributed by atoms with Crippen LogP contribution in [0.3, 0.4) is 0 Å². The van der Waals surface area contributed by atoms with Gasteiger partial charge < -0.3 is 15.4 Å². The molecule has 0 spiro atoms. The van der Waals surface area contributed by atoms with E-state index >= 15 is 0 Å². The van der Waals surface area contributed by atoms with Gasteiger partial charge >= 0.3 is 0 Å². The molecule has 0 aliphatic heterocycles. The molecule has 0 saturated heterocycles. The molecule has 0 saturated carbocycles. The molecule has 1 amide bonds. The van der Waals surface area contributed by atoms with Gasteiger partial charge in [-0.05, 0) is 30.7 Å². The highest BCUT2D eigenvalue weighted by atomic mass is 19.1. The maximum absolute atomic E-state index is 13.5. The van der Waals surface area contributed by atoms with Crippen molar-refractivity contribution in [3.8, 4) is 5.75 Å². The molecule has 0 unspecified atom stereocenters. The summed E-state index contributed by atoms with van der Waals surface area (Å²) in [5.74, 6) is -0.470. The van der Waals surface area contributed by atoms with Gasteiger partial charge in [0.15, 0.2) is 0 Å². The van der Waals surface area contributed by atoms with Crippen molar-refractivity contribution in [1.29, 1.82) is 0 Å². The smallest absolute Gasteiger partial charge is 0.271 e. The van der Waals surface area contributed by atoms with Crippen LogP contribution in [0, 0.1) is 22.9 Å². The van der Waals surface area contributed by atoms with Crippen LogP contribution in [0.2, 0.25) is 0 Å². The van der Waals surface area contributed by atoms with Crippen LogP contribution in [-0.2, 0) is 4.79 Å². The number of aryl methyl sites for hydroxylation is 1. The van der Waals surface area contributed by atoms with Crippen molar-refractivity contribution < 1.29 is 18.8 Å². The standard InChI is InChI=1S/C16H16FN3O4/c1-10-3-4-11(7-13(10)17)19-16(21)9-18-14-8-12(20(22)23)5-6-15(14)24-2/h3-8,18H,9H2,1-2H3,(H,19,21). The van der Waals surface area contributed by atoms with E-state index in [0.29, 0.717) is 22.7 Å². The van der Waals surface area contributed by atoms with Gasteiger partial charge in [-0.25, -0.2) is 4.39 Å². The van der Waals surface area contributed by atoms with Gasteiger partial charge in [0.2, 0.25) is 5.91 Å². The summed E-state index contributed by atoms with van der Waals surface area (Å²) < 4.78 is 18.5. The summed E-state index contributed by atoms with van der Waals surface area (Å²) in [6.45, 7) is 1.46. The van der Waals surface area contributed by atoms with E-state index in [1.807, 2.05) is 0 Å². The van der Waals surface area contributed by atoms with Gasteiger partial charge in [0.25, 0.3) is 5.69 Å². The fourth-order valence-electron chi connectivity index (χ4n) is 2.00. The second-order valence-electron chi connectivity index (χ2n) is 5.01. The summed E-state index contributed by atoms with van der Waals surface area (Å²) in [6, 6.07) is 8.39. The molecule has 24 heavy (non-hydrogen) atoms. The van der Waals surface area contributed by atoms with Gasteiger partial charge in [0.05, 0.1) is 24.3 Å². The lowest BCUT2D eigenvalue weighted by Gasteiger charge is -2.11. The Kier molecular flexibility index (Phi) is 5.31. The van der Waals surface area contributed by atoms with Crippen LogP contribution in [0.5, 0.6) is 5.75 Å². The Bertz CT molecular complexity index is 780. The van der Waals surface area contributed by atoms with Gasteiger partial charge in [-0.15, -0.1) is 0 Å². The number of hydrogen-bond acceptors (Lipinski definition) is 5.